The molecule has 42 heavy (non-hydrogen) atoms. The molecule has 218 valence electrons. The van der Waals surface area contributed by atoms with Gasteiger partial charge in [0.1, 0.15) is 12.6 Å². The summed E-state index contributed by atoms with van der Waals surface area (Å²) in [5.74, 6) is -0.781. The number of sulfonamides is 1. The van der Waals surface area contributed by atoms with Gasteiger partial charge in [0.2, 0.25) is 11.8 Å². The lowest BCUT2D eigenvalue weighted by Gasteiger charge is -2.33. The van der Waals surface area contributed by atoms with Crippen molar-refractivity contribution >= 4 is 27.5 Å². The summed E-state index contributed by atoms with van der Waals surface area (Å²) in [5, 5.41) is 2.88. The molecule has 0 aliphatic rings. The van der Waals surface area contributed by atoms with Crippen molar-refractivity contribution in [1.82, 2.24) is 10.2 Å². The highest BCUT2D eigenvalue weighted by atomic mass is 32.2. The lowest BCUT2D eigenvalue weighted by molar-refractivity contribution is -0.140. The number of benzene rings is 4. The van der Waals surface area contributed by atoms with Gasteiger partial charge >= 0.3 is 0 Å². The van der Waals surface area contributed by atoms with Crippen LogP contribution in [0.2, 0.25) is 0 Å². The minimum atomic E-state index is -4.11. The van der Waals surface area contributed by atoms with Crippen molar-refractivity contribution in [2.24, 2.45) is 0 Å². The molecule has 0 saturated carbocycles. The molecule has 1 N–H and O–H groups in total. The number of carbonyl (C=O) groups excluding carboxylic acids is 2. The molecule has 0 unspecified atom stereocenters. The lowest BCUT2D eigenvalue weighted by Crippen LogP contribution is -2.53. The molecule has 0 radical (unpaired) electrons. The van der Waals surface area contributed by atoms with Gasteiger partial charge in [-0.25, -0.2) is 8.42 Å². The molecule has 0 bridgehead atoms. The Kier molecular flexibility index (Phi) is 10.1. The Balaban J connectivity index is 1.77. The molecular weight excluding hydrogens is 546 g/mol. The van der Waals surface area contributed by atoms with Crippen molar-refractivity contribution in [2.75, 3.05) is 17.4 Å². The van der Waals surface area contributed by atoms with Crippen LogP contribution in [0.4, 0.5) is 5.69 Å². The zero-order valence-corrected chi connectivity index (χ0v) is 25.1. The largest absolute Gasteiger partial charge is 0.355 e. The van der Waals surface area contributed by atoms with E-state index in [1.165, 1.54) is 4.90 Å². The van der Waals surface area contributed by atoms with E-state index in [0.717, 1.165) is 26.6 Å². The maximum absolute atomic E-state index is 14.3. The van der Waals surface area contributed by atoms with Crippen molar-refractivity contribution in [2.45, 2.75) is 44.7 Å². The van der Waals surface area contributed by atoms with Crippen LogP contribution in [0.15, 0.2) is 114 Å². The number of amides is 2. The quantitative estimate of drug-likeness (QED) is 0.246. The first-order chi connectivity index (χ1) is 20.2. The maximum atomic E-state index is 14.3. The van der Waals surface area contributed by atoms with Crippen molar-refractivity contribution in [3.63, 3.8) is 0 Å². The molecule has 0 saturated heterocycles. The minimum absolute atomic E-state index is 0.0828. The van der Waals surface area contributed by atoms with Gasteiger partial charge in [0.25, 0.3) is 10.0 Å². The van der Waals surface area contributed by atoms with Gasteiger partial charge in [0.05, 0.1) is 10.6 Å². The molecule has 0 aromatic heterocycles. The summed E-state index contributed by atoms with van der Waals surface area (Å²) in [6.07, 6.45) is 0.278. The Morgan fingerprint density at radius 2 is 1.29 bits per heavy atom. The molecule has 7 nitrogen and oxygen atoms in total. The molecule has 1 atom stereocenters. The van der Waals surface area contributed by atoms with E-state index in [4.69, 9.17) is 0 Å². The molecule has 0 fully saturated rings. The van der Waals surface area contributed by atoms with E-state index in [1.54, 1.807) is 54.6 Å². The van der Waals surface area contributed by atoms with Crippen molar-refractivity contribution < 1.29 is 18.0 Å². The van der Waals surface area contributed by atoms with Crippen LogP contribution in [0.3, 0.4) is 0 Å². The van der Waals surface area contributed by atoms with Crippen molar-refractivity contribution in [1.29, 1.82) is 0 Å². The number of rotatable bonds is 12. The summed E-state index contributed by atoms with van der Waals surface area (Å²) < 4.78 is 29.1. The van der Waals surface area contributed by atoms with Crippen LogP contribution >= 0.6 is 0 Å². The monoisotopic (exact) mass is 583 g/mol. The summed E-state index contributed by atoms with van der Waals surface area (Å²) in [6.45, 7) is 5.75. The van der Waals surface area contributed by atoms with Crippen LogP contribution in [0.5, 0.6) is 0 Å². The third kappa shape index (κ3) is 7.64. The van der Waals surface area contributed by atoms with Gasteiger partial charge in [-0.05, 0) is 56.2 Å². The number of aryl methyl sites for hydroxylation is 2. The van der Waals surface area contributed by atoms with E-state index in [0.29, 0.717) is 12.2 Å². The Morgan fingerprint density at radius 3 is 1.86 bits per heavy atom. The highest BCUT2D eigenvalue weighted by Gasteiger charge is 2.34. The second-order valence-corrected chi connectivity index (χ2v) is 12.1. The summed E-state index contributed by atoms with van der Waals surface area (Å²) in [6, 6.07) is 31.5. The molecule has 4 aromatic carbocycles. The van der Waals surface area contributed by atoms with Crippen LogP contribution in [-0.4, -0.2) is 44.3 Å². The normalized spacial score (nSPS) is 11.9. The molecule has 0 aliphatic carbocycles. The fourth-order valence-corrected chi connectivity index (χ4v) is 6.11. The standard InChI is InChI=1S/C34H37N3O4S/c1-4-35-34(39)32(23-28-11-7-5-8-12-28)36(24-29-19-15-26(2)16-20-29)33(38)25-37(30-13-9-6-10-14-30)42(40,41)31-21-17-27(3)18-22-31/h5-22,32H,4,23-25H2,1-3H3,(H,35,39)/t32-/m1/s1. The Hall–Kier alpha value is -4.43. The number of hydrogen-bond acceptors (Lipinski definition) is 4. The highest BCUT2D eigenvalue weighted by Crippen LogP contribution is 2.25. The average molecular weight is 584 g/mol. The third-order valence-electron chi connectivity index (χ3n) is 7.03. The van der Waals surface area contributed by atoms with E-state index < -0.39 is 28.5 Å². The molecule has 4 aromatic rings. The summed E-state index contributed by atoms with van der Waals surface area (Å²) >= 11 is 0. The summed E-state index contributed by atoms with van der Waals surface area (Å²) in [4.78, 5) is 29.4. The first kappa shape index (κ1) is 30.5. The van der Waals surface area contributed by atoms with E-state index in [9.17, 15) is 18.0 Å². The smallest absolute Gasteiger partial charge is 0.264 e. The summed E-state index contributed by atoms with van der Waals surface area (Å²) in [7, 11) is -4.11. The molecule has 2 amide bonds. The number of anilines is 1. The number of carbonyl (C=O) groups is 2. The Morgan fingerprint density at radius 1 is 0.738 bits per heavy atom. The predicted molar refractivity (Wildman–Crippen MR) is 166 cm³/mol. The van der Waals surface area contributed by atoms with E-state index in [2.05, 4.69) is 5.32 Å². The average Bonchev–Trinajstić information content (AvgIpc) is 2.99. The van der Waals surface area contributed by atoms with E-state index in [1.807, 2.05) is 75.4 Å². The number of para-hydroxylation sites is 1. The van der Waals surface area contributed by atoms with Gasteiger partial charge < -0.3 is 10.2 Å². The zero-order chi connectivity index (χ0) is 30.1. The maximum Gasteiger partial charge on any atom is 0.264 e. The van der Waals surface area contributed by atoms with Crippen LogP contribution < -0.4 is 9.62 Å². The number of nitrogens with zero attached hydrogens (tertiary/aromatic N) is 2. The fourth-order valence-electron chi connectivity index (χ4n) is 4.70. The van der Waals surface area contributed by atoms with Crippen molar-refractivity contribution in [3.8, 4) is 0 Å². The number of likely N-dealkylation sites (N-methyl/N-ethyl adjacent to an activating group) is 1. The van der Waals surface area contributed by atoms with Crippen LogP contribution in [-0.2, 0) is 32.6 Å². The minimum Gasteiger partial charge on any atom is -0.355 e. The number of hydrogen-bond donors (Lipinski definition) is 1. The molecule has 4 rings (SSSR count). The lowest BCUT2D eigenvalue weighted by atomic mass is 10.0. The van der Waals surface area contributed by atoms with Gasteiger partial charge in [-0.2, -0.15) is 0 Å². The topological polar surface area (TPSA) is 86.8 Å². The Labute approximate surface area is 248 Å². The Bertz CT molecular complexity index is 1570. The SMILES string of the molecule is CCNC(=O)[C@@H](Cc1ccccc1)N(Cc1ccc(C)cc1)C(=O)CN(c1ccccc1)S(=O)(=O)c1ccc(C)cc1. The van der Waals surface area contributed by atoms with Crippen LogP contribution in [0.1, 0.15) is 29.2 Å². The molecular formula is C34H37N3O4S. The van der Waals surface area contributed by atoms with Crippen molar-refractivity contribution in [3.05, 3.63) is 131 Å². The third-order valence-corrected chi connectivity index (χ3v) is 8.82. The molecule has 0 spiro atoms. The first-order valence-electron chi connectivity index (χ1n) is 14.0. The second kappa shape index (κ2) is 14.0. The zero-order valence-electron chi connectivity index (χ0n) is 24.2. The predicted octanol–water partition coefficient (Wildman–Crippen LogP) is 5.27. The van der Waals surface area contributed by atoms with Gasteiger partial charge in [0.15, 0.2) is 0 Å². The molecule has 0 aliphatic heterocycles. The van der Waals surface area contributed by atoms with Gasteiger partial charge in [-0.15, -0.1) is 0 Å². The van der Waals surface area contributed by atoms with Crippen LogP contribution in [0.25, 0.3) is 0 Å². The molecule has 8 heteroatoms. The van der Waals surface area contributed by atoms with Gasteiger partial charge in [-0.1, -0.05) is 96.1 Å². The highest BCUT2D eigenvalue weighted by molar-refractivity contribution is 7.92. The second-order valence-electron chi connectivity index (χ2n) is 10.3. The van der Waals surface area contributed by atoms with E-state index in [-0.39, 0.29) is 23.8 Å². The van der Waals surface area contributed by atoms with Crippen LogP contribution in [0, 0.1) is 13.8 Å². The van der Waals surface area contributed by atoms with Gasteiger partial charge in [-0.3, -0.25) is 13.9 Å². The summed E-state index contributed by atoms with van der Waals surface area (Å²) in [5.41, 5.74) is 4.08. The first-order valence-corrected chi connectivity index (χ1v) is 15.4. The van der Waals surface area contributed by atoms with Gasteiger partial charge in [0, 0.05) is 19.5 Å². The number of nitrogens with one attached hydrogen (secondary N) is 1. The molecule has 0 heterocycles. The fraction of sp³-hybridized carbons (Fsp3) is 0.235. The van der Waals surface area contributed by atoms with E-state index >= 15 is 0 Å².